The number of piperidine rings is 1. The van der Waals surface area contributed by atoms with Crippen LogP contribution in [0.25, 0.3) is 10.8 Å². The Morgan fingerprint density at radius 1 is 1.07 bits per heavy atom. The summed E-state index contributed by atoms with van der Waals surface area (Å²) in [6.45, 7) is 0.773. The molecule has 4 rings (SSSR count). The standard InChI is InChI=1S/C19H18ClN3O3S/c20-15-5-3-6-17(12-15)27(24,25)23-10-8-16(9-11-23)26-19-18-7-2-1-4-14(18)13-21-22-19/h1-7,12-13,16H,8-11H2. The number of fused-ring (bicyclic) bond motifs is 1. The van der Waals surface area contributed by atoms with Gasteiger partial charge in [-0.3, -0.25) is 0 Å². The third kappa shape index (κ3) is 3.76. The zero-order chi connectivity index (χ0) is 18.9. The van der Waals surface area contributed by atoms with E-state index in [4.69, 9.17) is 16.3 Å². The molecule has 140 valence electrons. The SMILES string of the molecule is O=S(=O)(c1cccc(Cl)c1)N1CCC(Oc2nncc3ccccc23)CC1. The Hall–Kier alpha value is -2.22. The van der Waals surface area contributed by atoms with Crippen molar-refractivity contribution in [2.75, 3.05) is 13.1 Å². The van der Waals surface area contributed by atoms with Crippen LogP contribution in [0.4, 0.5) is 0 Å². The van der Waals surface area contributed by atoms with Crippen LogP contribution < -0.4 is 4.74 Å². The summed E-state index contributed by atoms with van der Waals surface area (Å²) in [6, 6.07) is 14.1. The smallest absolute Gasteiger partial charge is 0.243 e. The van der Waals surface area contributed by atoms with Crippen molar-refractivity contribution in [2.24, 2.45) is 0 Å². The molecule has 1 aliphatic rings. The molecule has 1 saturated heterocycles. The fourth-order valence-corrected chi connectivity index (χ4v) is 4.98. The van der Waals surface area contributed by atoms with Crippen LogP contribution >= 0.6 is 11.6 Å². The van der Waals surface area contributed by atoms with Crippen LogP contribution in [0, 0.1) is 0 Å². The molecule has 2 heterocycles. The first-order chi connectivity index (χ1) is 13.0. The van der Waals surface area contributed by atoms with Gasteiger partial charge in [-0.1, -0.05) is 35.9 Å². The lowest BCUT2D eigenvalue weighted by atomic mass is 10.1. The minimum Gasteiger partial charge on any atom is -0.473 e. The van der Waals surface area contributed by atoms with Gasteiger partial charge in [-0.25, -0.2) is 8.42 Å². The van der Waals surface area contributed by atoms with E-state index < -0.39 is 10.0 Å². The fraction of sp³-hybridized carbons (Fsp3) is 0.263. The predicted octanol–water partition coefficient (Wildman–Crippen LogP) is 3.52. The Labute approximate surface area is 162 Å². The summed E-state index contributed by atoms with van der Waals surface area (Å²) in [5, 5.41) is 10.4. The first kappa shape index (κ1) is 18.2. The summed E-state index contributed by atoms with van der Waals surface area (Å²) in [7, 11) is -3.55. The van der Waals surface area contributed by atoms with Gasteiger partial charge in [-0.2, -0.15) is 9.40 Å². The maximum Gasteiger partial charge on any atom is 0.243 e. The molecular formula is C19H18ClN3O3S. The fourth-order valence-electron chi connectivity index (χ4n) is 3.21. The van der Waals surface area contributed by atoms with Gasteiger partial charge in [0.25, 0.3) is 0 Å². The molecule has 6 nitrogen and oxygen atoms in total. The first-order valence-electron chi connectivity index (χ1n) is 8.67. The van der Waals surface area contributed by atoms with Gasteiger partial charge in [0.2, 0.25) is 15.9 Å². The van der Waals surface area contributed by atoms with Crippen LogP contribution in [0.1, 0.15) is 12.8 Å². The molecule has 27 heavy (non-hydrogen) atoms. The van der Waals surface area contributed by atoms with E-state index in [9.17, 15) is 8.42 Å². The normalized spacial score (nSPS) is 16.5. The molecule has 0 spiro atoms. The van der Waals surface area contributed by atoms with Crippen LogP contribution in [0.3, 0.4) is 0 Å². The van der Waals surface area contributed by atoms with Gasteiger partial charge in [0.15, 0.2) is 0 Å². The predicted molar refractivity (Wildman–Crippen MR) is 103 cm³/mol. The van der Waals surface area contributed by atoms with Crippen molar-refractivity contribution in [3.8, 4) is 5.88 Å². The summed E-state index contributed by atoms with van der Waals surface area (Å²) >= 11 is 5.94. The number of hydrogen-bond donors (Lipinski definition) is 0. The van der Waals surface area contributed by atoms with Crippen molar-refractivity contribution in [3.05, 3.63) is 59.8 Å². The van der Waals surface area contributed by atoms with E-state index in [-0.39, 0.29) is 11.0 Å². The maximum atomic E-state index is 12.8. The van der Waals surface area contributed by atoms with E-state index in [2.05, 4.69) is 10.2 Å². The highest BCUT2D eigenvalue weighted by Gasteiger charge is 2.30. The van der Waals surface area contributed by atoms with Gasteiger partial charge in [0.05, 0.1) is 11.1 Å². The summed E-state index contributed by atoms with van der Waals surface area (Å²) in [6.07, 6.45) is 2.77. The van der Waals surface area contributed by atoms with E-state index in [1.165, 1.54) is 10.4 Å². The lowest BCUT2D eigenvalue weighted by Gasteiger charge is -2.31. The quantitative estimate of drug-likeness (QED) is 0.666. The summed E-state index contributed by atoms with van der Waals surface area (Å²) < 4.78 is 33.1. The average Bonchev–Trinajstić information content (AvgIpc) is 2.69. The molecule has 0 aliphatic carbocycles. The van der Waals surface area contributed by atoms with E-state index in [1.54, 1.807) is 24.4 Å². The van der Waals surface area contributed by atoms with Crippen molar-refractivity contribution in [1.82, 2.24) is 14.5 Å². The number of ether oxygens (including phenoxy) is 1. The van der Waals surface area contributed by atoms with Crippen molar-refractivity contribution < 1.29 is 13.2 Å². The Morgan fingerprint density at radius 2 is 1.85 bits per heavy atom. The molecule has 0 saturated carbocycles. The Balaban J connectivity index is 1.46. The topological polar surface area (TPSA) is 72.4 Å². The summed E-state index contributed by atoms with van der Waals surface area (Å²) in [5.74, 6) is 0.490. The molecule has 8 heteroatoms. The Morgan fingerprint density at radius 3 is 2.63 bits per heavy atom. The highest BCUT2D eigenvalue weighted by atomic mass is 35.5. The largest absolute Gasteiger partial charge is 0.473 e. The third-order valence-corrected chi connectivity index (χ3v) is 6.78. The zero-order valence-corrected chi connectivity index (χ0v) is 16.0. The number of benzene rings is 2. The van der Waals surface area contributed by atoms with Gasteiger partial charge in [0, 0.05) is 28.9 Å². The molecule has 3 aromatic rings. The molecule has 0 unspecified atom stereocenters. The Kier molecular flexibility index (Phi) is 4.99. The van der Waals surface area contributed by atoms with Crippen molar-refractivity contribution >= 4 is 32.4 Å². The number of aromatic nitrogens is 2. The maximum absolute atomic E-state index is 12.8. The van der Waals surface area contributed by atoms with Gasteiger partial charge in [-0.15, -0.1) is 5.10 Å². The molecule has 1 aromatic heterocycles. The Bertz CT molecular complexity index is 1060. The molecule has 0 N–H and O–H groups in total. The number of nitrogens with zero attached hydrogens (tertiary/aromatic N) is 3. The molecule has 0 amide bonds. The van der Waals surface area contributed by atoms with Crippen LogP contribution in [0.2, 0.25) is 5.02 Å². The van der Waals surface area contributed by atoms with Gasteiger partial charge in [0.1, 0.15) is 6.10 Å². The molecule has 1 aliphatic heterocycles. The van der Waals surface area contributed by atoms with E-state index in [0.29, 0.717) is 36.8 Å². The first-order valence-corrected chi connectivity index (χ1v) is 10.5. The molecule has 0 bridgehead atoms. The summed E-state index contributed by atoms with van der Waals surface area (Å²) in [4.78, 5) is 0.217. The third-order valence-electron chi connectivity index (χ3n) is 4.65. The van der Waals surface area contributed by atoms with Crippen LogP contribution in [0.15, 0.2) is 59.6 Å². The summed E-state index contributed by atoms with van der Waals surface area (Å²) in [5.41, 5.74) is 0. The minimum atomic E-state index is -3.55. The molecule has 1 fully saturated rings. The lowest BCUT2D eigenvalue weighted by Crippen LogP contribution is -2.41. The molecule has 2 aromatic carbocycles. The molecule has 0 atom stereocenters. The average molecular weight is 404 g/mol. The monoisotopic (exact) mass is 403 g/mol. The minimum absolute atomic E-state index is 0.101. The second-order valence-electron chi connectivity index (χ2n) is 6.42. The van der Waals surface area contributed by atoms with Crippen LogP contribution in [0.5, 0.6) is 5.88 Å². The van der Waals surface area contributed by atoms with Crippen LogP contribution in [-0.2, 0) is 10.0 Å². The van der Waals surface area contributed by atoms with Crippen molar-refractivity contribution in [2.45, 2.75) is 23.8 Å². The highest BCUT2D eigenvalue weighted by molar-refractivity contribution is 7.89. The van der Waals surface area contributed by atoms with Gasteiger partial charge in [-0.05, 0) is 37.1 Å². The van der Waals surface area contributed by atoms with Crippen LogP contribution in [-0.4, -0.2) is 42.1 Å². The highest BCUT2D eigenvalue weighted by Crippen LogP contribution is 2.27. The van der Waals surface area contributed by atoms with Crippen molar-refractivity contribution in [1.29, 1.82) is 0 Å². The number of rotatable bonds is 4. The number of hydrogen-bond acceptors (Lipinski definition) is 5. The van der Waals surface area contributed by atoms with Gasteiger partial charge >= 0.3 is 0 Å². The zero-order valence-electron chi connectivity index (χ0n) is 14.5. The van der Waals surface area contributed by atoms with Crippen molar-refractivity contribution in [3.63, 3.8) is 0 Å². The lowest BCUT2D eigenvalue weighted by molar-refractivity contribution is 0.130. The van der Waals surface area contributed by atoms with E-state index >= 15 is 0 Å². The second kappa shape index (κ2) is 7.42. The number of sulfonamides is 1. The van der Waals surface area contributed by atoms with Gasteiger partial charge < -0.3 is 4.74 Å². The number of halogens is 1. The molecule has 0 radical (unpaired) electrons. The van der Waals surface area contributed by atoms with E-state index in [0.717, 1.165) is 10.8 Å². The second-order valence-corrected chi connectivity index (χ2v) is 8.79. The van der Waals surface area contributed by atoms with E-state index in [1.807, 2.05) is 24.3 Å². The molecular weight excluding hydrogens is 386 g/mol.